The third-order valence-electron chi connectivity index (χ3n) is 4.31. The van der Waals surface area contributed by atoms with Crippen LogP contribution < -0.4 is 0 Å². The normalized spacial score (nSPS) is 18.6. The van der Waals surface area contributed by atoms with Crippen LogP contribution in [0.25, 0.3) is 10.9 Å². The molecule has 21 heavy (non-hydrogen) atoms. The molecule has 0 N–H and O–H groups in total. The second-order valence-corrected chi connectivity index (χ2v) is 5.80. The van der Waals surface area contributed by atoms with Gasteiger partial charge in [0.25, 0.3) is 0 Å². The van der Waals surface area contributed by atoms with Crippen molar-refractivity contribution in [3.63, 3.8) is 0 Å². The largest absolute Gasteiger partial charge is 0.301 e. The summed E-state index contributed by atoms with van der Waals surface area (Å²) < 4.78 is 0. The number of hydrogen-bond donors (Lipinski definition) is 0. The van der Waals surface area contributed by atoms with Gasteiger partial charge in [0.15, 0.2) is 0 Å². The van der Waals surface area contributed by atoms with Crippen LogP contribution in [0, 0.1) is 0 Å². The molecule has 2 aromatic carbocycles. The average molecular weight is 275 g/mol. The predicted octanol–water partition coefficient (Wildman–Crippen LogP) is 3.21. The molecular formula is C18H17N3. The van der Waals surface area contributed by atoms with Gasteiger partial charge in [0.1, 0.15) is 0 Å². The van der Waals surface area contributed by atoms with Gasteiger partial charge in [-0.3, -0.25) is 0 Å². The van der Waals surface area contributed by atoms with Crippen molar-refractivity contribution in [1.29, 1.82) is 0 Å². The smallest absolute Gasteiger partial charge is 0.0932 e. The molecule has 3 aromatic rings. The van der Waals surface area contributed by atoms with Crippen LogP contribution >= 0.6 is 0 Å². The number of likely N-dealkylation sites (N-methyl/N-ethyl adjacent to an activating group) is 1. The molecule has 0 spiro atoms. The highest BCUT2D eigenvalue weighted by atomic mass is 15.1. The van der Waals surface area contributed by atoms with Gasteiger partial charge in [0.2, 0.25) is 0 Å². The Hall–Kier alpha value is -2.26. The molecule has 3 heteroatoms. The molecule has 0 amide bonds. The zero-order valence-corrected chi connectivity index (χ0v) is 12.0. The van der Waals surface area contributed by atoms with E-state index in [0.29, 0.717) is 5.92 Å². The van der Waals surface area contributed by atoms with Gasteiger partial charge in [-0.15, -0.1) is 0 Å². The Morgan fingerprint density at radius 1 is 1.10 bits per heavy atom. The first kappa shape index (κ1) is 12.5. The van der Waals surface area contributed by atoms with Gasteiger partial charge in [0.05, 0.1) is 11.7 Å². The quantitative estimate of drug-likeness (QED) is 0.683. The van der Waals surface area contributed by atoms with Crippen LogP contribution in [-0.2, 0) is 6.54 Å². The standard InChI is InChI=1S/C18H17N3/c1-21-11-15-4-2-3-5-16(15)17(12-21)14-7-6-13-8-9-19-20-18(13)10-14/h2-10,17H,11-12H2,1H3. The Kier molecular flexibility index (Phi) is 2.93. The van der Waals surface area contributed by atoms with Gasteiger partial charge in [0, 0.05) is 24.4 Å². The number of hydrogen-bond acceptors (Lipinski definition) is 3. The van der Waals surface area contributed by atoms with Crippen LogP contribution in [0.4, 0.5) is 0 Å². The van der Waals surface area contributed by atoms with Gasteiger partial charge in [-0.1, -0.05) is 36.4 Å². The third-order valence-corrected chi connectivity index (χ3v) is 4.31. The Labute approximate surface area is 124 Å². The third kappa shape index (κ3) is 2.20. The van der Waals surface area contributed by atoms with Crippen molar-refractivity contribution in [2.24, 2.45) is 0 Å². The lowest BCUT2D eigenvalue weighted by atomic mass is 9.84. The highest BCUT2D eigenvalue weighted by Gasteiger charge is 2.24. The van der Waals surface area contributed by atoms with Crippen molar-refractivity contribution >= 4 is 10.9 Å². The SMILES string of the molecule is CN1Cc2ccccc2C(c2ccc3ccnnc3c2)C1. The minimum absolute atomic E-state index is 0.409. The van der Waals surface area contributed by atoms with E-state index in [1.165, 1.54) is 16.7 Å². The van der Waals surface area contributed by atoms with Gasteiger partial charge in [-0.2, -0.15) is 10.2 Å². The van der Waals surface area contributed by atoms with Crippen molar-refractivity contribution in [1.82, 2.24) is 15.1 Å². The van der Waals surface area contributed by atoms with Crippen LogP contribution in [0.15, 0.2) is 54.7 Å². The molecule has 1 atom stereocenters. The Balaban J connectivity index is 1.84. The zero-order chi connectivity index (χ0) is 14.2. The first-order chi connectivity index (χ1) is 10.3. The summed E-state index contributed by atoms with van der Waals surface area (Å²) in [6.07, 6.45) is 1.74. The number of rotatable bonds is 1. The number of aromatic nitrogens is 2. The summed E-state index contributed by atoms with van der Waals surface area (Å²) >= 11 is 0. The fourth-order valence-electron chi connectivity index (χ4n) is 3.28. The van der Waals surface area contributed by atoms with Crippen molar-refractivity contribution < 1.29 is 0 Å². The van der Waals surface area contributed by atoms with E-state index in [2.05, 4.69) is 64.6 Å². The maximum absolute atomic E-state index is 4.25. The summed E-state index contributed by atoms with van der Waals surface area (Å²) in [5, 5.41) is 9.39. The van der Waals surface area contributed by atoms with E-state index in [1.807, 2.05) is 6.07 Å². The molecule has 104 valence electrons. The average Bonchev–Trinajstić information content (AvgIpc) is 2.53. The molecule has 0 fully saturated rings. The van der Waals surface area contributed by atoms with E-state index >= 15 is 0 Å². The lowest BCUT2D eigenvalue weighted by Crippen LogP contribution is -2.30. The number of fused-ring (bicyclic) bond motifs is 2. The van der Waals surface area contributed by atoms with Crippen LogP contribution in [0.3, 0.4) is 0 Å². The van der Waals surface area contributed by atoms with Crippen molar-refractivity contribution in [2.45, 2.75) is 12.5 Å². The fraction of sp³-hybridized carbons (Fsp3) is 0.222. The zero-order valence-electron chi connectivity index (χ0n) is 12.0. The topological polar surface area (TPSA) is 29.0 Å². The summed E-state index contributed by atoms with van der Waals surface area (Å²) in [6, 6.07) is 17.3. The minimum atomic E-state index is 0.409. The molecule has 4 rings (SSSR count). The maximum Gasteiger partial charge on any atom is 0.0932 e. The monoisotopic (exact) mass is 275 g/mol. The molecule has 1 aliphatic heterocycles. The highest BCUT2D eigenvalue weighted by molar-refractivity contribution is 5.78. The molecule has 0 saturated carbocycles. The lowest BCUT2D eigenvalue weighted by molar-refractivity contribution is 0.295. The molecule has 1 aliphatic rings. The van der Waals surface area contributed by atoms with Crippen molar-refractivity contribution in [2.75, 3.05) is 13.6 Å². The summed E-state index contributed by atoms with van der Waals surface area (Å²) in [5.41, 5.74) is 5.16. The minimum Gasteiger partial charge on any atom is -0.301 e. The van der Waals surface area contributed by atoms with E-state index in [1.54, 1.807) is 6.20 Å². The molecule has 0 aliphatic carbocycles. The van der Waals surface area contributed by atoms with Crippen LogP contribution in [0.1, 0.15) is 22.6 Å². The molecule has 0 saturated heterocycles. The first-order valence-corrected chi connectivity index (χ1v) is 7.29. The number of nitrogens with zero attached hydrogens (tertiary/aromatic N) is 3. The van der Waals surface area contributed by atoms with Crippen LogP contribution in [-0.4, -0.2) is 28.7 Å². The second kappa shape index (κ2) is 4.93. The molecule has 1 aromatic heterocycles. The number of benzene rings is 2. The van der Waals surface area contributed by atoms with E-state index in [9.17, 15) is 0 Å². The Morgan fingerprint density at radius 2 is 2.00 bits per heavy atom. The summed E-state index contributed by atoms with van der Waals surface area (Å²) in [7, 11) is 2.18. The van der Waals surface area contributed by atoms with Crippen LogP contribution in [0.5, 0.6) is 0 Å². The summed E-state index contributed by atoms with van der Waals surface area (Å²) in [4.78, 5) is 2.38. The maximum atomic E-state index is 4.25. The molecule has 0 bridgehead atoms. The van der Waals surface area contributed by atoms with Crippen molar-refractivity contribution in [3.8, 4) is 0 Å². The van der Waals surface area contributed by atoms with Gasteiger partial charge in [-0.05, 0) is 35.9 Å². The van der Waals surface area contributed by atoms with Gasteiger partial charge >= 0.3 is 0 Å². The van der Waals surface area contributed by atoms with Crippen LogP contribution in [0.2, 0.25) is 0 Å². The highest BCUT2D eigenvalue weighted by Crippen LogP contribution is 2.33. The first-order valence-electron chi connectivity index (χ1n) is 7.29. The van der Waals surface area contributed by atoms with Gasteiger partial charge < -0.3 is 4.90 Å². The summed E-state index contributed by atoms with van der Waals surface area (Å²) in [6.45, 7) is 2.07. The predicted molar refractivity (Wildman–Crippen MR) is 84.2 cm³/mol. The Morgan fingerprint density at radius 3 is 2.95 bits per heavy atom. The van der Waals surface area contributed by atoms with Gasteiger partial charge in [-0.25, -0.2) is 0 Å². The summed E-state index contributed by atoms with van der Waals surface area (Å²) in [5.74, 6) is 0.409. The van der Waals surface area contributed by atoms with E-state index < -0.39 is 0 Å². The van der Waals surface area contributed by atoms with Crippen molar-refractivity contribution in [3.05, 3.63) is 71.4 Å². The van der Waals surface area contributed by atoms with E-state index in [0.717, 1.165) is 24.0 Å². The molecule has 0 radical (unpaired) electrons. The molecule has 1 unspecified atom stereocenters. The molecular weight excluding hydrogens is 258 g/mol. The van der Waals surface area contributed by atoms with E-state index in [-0.39, 0.29) is 0 Å². The van der Waals surface area contributed by atoms with E-state index in [4.69, 9.17) is 0 Å². The molecule has 3 nitrogen and oxygen atoms in total. The lowest BCUT2D eigenvalue weighted by Gasteiger charge is -2.32. The Bertz CT molecular complexity index is 797. The molecule has 2 heterocycles. The fourth-order valence-corrected chi connectivity index (χ4v) is 3.28. The second-order valence-electron chi connectivity index (χ2n) is 5.80.